The Bertz CT molecular complexity index is 734. The zero-order valence-electron chi connectivity index (χ0n) is 13.6. The fourth-order valence-electron chi connectivity index (χ4n) is 2.81. The Morgan fingerprint density at radius 2 is 1.88 bits per heavy atom. The molecule has 7 heteroatoms. The topological polar surface area (TPSA) is 15.3 Å². The maximum atomic E-state index is 12.7. The summed E-state index contributed by atoms with van der Waals surface area (Å²) < 4.78 is 38.1. The lowest BCUT2D eigenvalue weighted by Gasteiger charge is -2.34. The first-order valence-corrected chi connectivity index (χ1v) is 9.15. The van der Waals surface area contributed by atoms with E-state index >= 15 is 0 Å². The fraction of sp³-hybridized carbons (Fsp3) is 0.333. The first kappa shape index (κ1) is 18.4. The average Bonchev–Trinajstić information content (AvgIpc) is 2.56. The van der Waals surface area contributed by atoms with Crippen LogP contribution in [0.5, 0.6) is 0 Å². The van der Waals surface area contributed by atoms with Gasteiger partial charge in [-0.05, 0) is 49.4 Å². The normalized spacial score (nSPS) is 18.4. The molecular weight excluding hydrogens is 369 g/mol. The van der Waals surface area contributed by atoms with Gasteiger partial charge in [0.15, 0.2) is 0 Å². The van der Waals surface area contributed by atoms with Crippen LogP contribution in [0.4, 0.5) is 18.9 Å². The molecule has 0 aliphatic carbocycles. The van der Waals surface area contributed by atoms with E-state index in [1.807, 2.05) is 18.2 Å². The van der Waals surface area contributed by atoms with Crippen LogP contribution in [0.2, 0.25) is 5.02 Å². The van der Waals surface area contributed by atoms with Crippen LogP contribution in [0.25, 0.3) is 0 Å². The van der Waals surface area contributed by atoms with Gasteiger partial charge in [0.05, 0.1) is 11.3 Å². The SMILES string of the molecule is CC1CN(c2cc(Cl)ccc2Sc2ccc(C(F)(F)F)cc2)CCN1. The molecule has 0 bridgehead atoms. The average molecular weight is 387 g/mol. The standard InChI is InChI=1S/C18H18ClF3N2S/c1-12-11-24(9-8-23-12)16-10-14(19)4-7-17(16)25-15-5-2-13(3-6-15)18(20,21)22/h2-7,10,12,23H,8-9,11H2,1H3. The second-order valence-corrected chi connectivity index (χ2v) is 7.59. The highest BCUT2D eigenvalue weighted by Gasteiger charge is 2.30. The maximum Gasteiger partial charge on any atom is 0.416 e. The molecule has 1 atom stereocenters. The first-order valence-electron chi connectivity index (χ1n) is 7.96. The van der Waals surface area contributed by atoms with Gasteiger partial charge in [0.2, 0.25) is 0 Å². The Hall–Kier alpha value is -1.37. The predicted molar refractivity (Wildman–Crippen MR) is 96.7 cm³/mol. The summed E-state index contributed by atoms with van der Waals surface area (Å²) in [6, 6.07) is 11.3. The van der Waals surface area contributed by atoms with Crippen LogP contribution < -0.4 is 10.2 Å². The summed E-state index contributed by atoms with van der Waals surface area (Å²) in [7, 11) is 0. The van der Waals surface area contributed by atoms with Crippen molar-refractivity contribution in [2.75, 3.05) is 24.5 Å². The molecule has 1 aliphatic rings. The van der Waals surface area contributed by atoms with Crippen LogP contribution in [-0.4, -0.2) is 25.7 Å². The van der Waals surface area contributed by atoms with Crippen LogP contribution in [0.1, 0.15) is 12.5 Å². The highest BCUT2D eigenvalue weighted by molar-refractivity contribution is 7.99. The molecule has 0 aromatic heterocycles. The van der Waals surface area contributed by atoms with E-state index in [1.54, 1.807) is 0 Å². The van der Waals surface area contributed by atoms with E-state index in [-0.39, 0.29) is 0 Å². The Morgan fingerprint density at radius 1 is 1.16 bits per heavy atom. The molecular formula is C18H18ClF3N2S. The van der Waals surface area contributed by atoms with Crippen LogP contribution in [0.3, 0.4) is 0 Å². The summed E-state index contributed by atoms with van der Waals surface area (Å²) in [5.41, 5.74) is 0.384. The van der Waals surface area contributed by atoms with Gasteiger partial charge >= 0.3 is 6.18 Å². The lowest BCUT2D eigenvalue weighted by Crippen LogP contribution is -2.49. The van der Waals surface area contributed by atoms with Gasteiger partial charge < -0.3 is 10.2 Å². The molecule has 1 fully saturated rings. The summed E-state index contributed by atoms with van der Waals surface area (Å²) in [5, 5.41) is 4.05. The molecule has 1 heterocycles. The summed E-state index contributed by atoms with van der Waals surface area (Å²) in [5.74, 6) is 0. The minimum Gasteiger partial charge on any atom is -0.368 e. The molecule has 1 saturated heterocycles. The molecule has 1 aliphatic heterocycles. The zero-order chi connectivity index (χ0) is 18.0. The molecule has 0 amide bonds. The van der Waals surface area contributed by atoms with Crippen molar-refractivity contribution in [3.05, 3.63) is 53.1 Å². The molecule has 0 radical (unpaired) electrons. The molecule has 2 nitrogen and oxygen atoms in total. The van der Waals surface area contributed by atoms with Crippen LogP contribution in [0, 0.1) is 0 Å². The molecule has 2 aromatic carbocycles. The zero-order valence-corrected chi connectivity index (χ0v) is 15.2. The molecule has 2 aromatic rings. The van der Waals surface area contributed by atoms with Gasteiger partial charge in [0, 0.05) is 40.5 Å². The Labute approximate surface area is 154 Å². The highest BCUT2D eigenvalue weighted by atomic mass is 35.5. The van der Waals surface area contributed by atoms with E-state index in [9.17, 15) is 13.2 Å². The Kier molecular flexibility index (Phi) is 5.51. The number of nitrogens with one attached hydrogen (secondary N) is 1. The molecule has 0 saturated carbocycles. The van der Waals surface area contributed by atoms with E-state index < -0.39 is 11.7 Å². The quantitative estimate of drug-likeness (QED) is 0.769. The third-order valence-electron chi connectivity index (χ3n) is 4.04. The summed E-state index contributed by atoms with van der Waals surface area (Å²) >= 11 is 7.62. The second-order valence-electron chi connectivity index (χ2n) is 6.04. The summed E-state index contributed by atoms with van der Waals surface area (Å²) in [6.45, 7) is 4.74. The van der Waals surface area contributed by atoms with E-state index in [0.29, 0.717) is 11.1 Å². The minimum atomic E-state index is -4.31. The lowest BCUT2D eigenvalue weighted by molar-refractivity contribution is -0.137. The van der Waals surface area contributed by atoms with Gasteiger partial charge in [0.1, 0.15) is 0 Å². The highest BCUT2D eigenvalue weighted by Crippen LogP contribution is 2.38. The monoisotopic (exact) mass is 386 g/mol. The molecule has 134 valence electrons. The van der Waals surface area contributed by atoms with Gasteiger partial charge in [-0.1, -0.05) is 23.4 Å². The number of alkyl halides is 3. The van der Waals surface area contributed by atoms with Gasteiger partial charge in [-0.2, -0.15) is 13.2 Å². The van der Waals surface area contributed by atoms with Crippen LogP contribution in [0.15, 0.2) is 52.3 Å². The number of benzene rings is 2. The van der Waals surface area contributed by atoms with Gasteiger partial charge in [-0.3, -0.25) is 0 Å². The minimum absolute atomic E-state index is 0.372. The molecule has 0 spiro atoms. The van der Waals surface area contributed by atoms with Crippen molar-refractivity contribution in [2.24, 2.45) is 0 Å². The van der Waals surface area contributed by atoms with Crippen LogP contribution >= 0.6 is 23.4 Å². The van der Waals surface area contributed by atoms with Gasteiger partial charge in [-0.15, -0.1) is 0 Å². The number of nitrogens with zero attached hydrogens (tertiary/aromatic N) is 1. The number of piperazine rings is 1. The number of halogens is 4. The Balaban J connectivity index is 1.85. The third kappa shape index (κ3) is 4.63. The molecule has 25 heavy (non-hydrogen) atoms. The van der Waals surface area contributed by atoms with Crippen LogP contribution in [-0.2, 0) is 6.18 Å². The Morgan fingerprint density at radius 3 is 2.52 bits per heavy atom. The molecule has 1 N–H and O–H groups in total. The summed E-state index contributed by atoms with van der Waals surface area (Å²) in [6.07, 6.45) is -4.31. The lowest BCUT2D eigenvalue weighted by atomic mass is 10.2. The van der Waals surface area contributed by atoms with Crippen molar-refractivity contribution in [1.82, 2.24) is 5.32 Å². The van der Waals surface area contributed by atoms with Crippen molar-refractivity contribution in [3.8, 4) is 0 Å². The van der Waals surface area contributed by atoms with E-state index in [2.05, 4.69) is 17.1 Å². The molecule has 3 rings (SSSR count). The smallest absolute Gasteiger partial charge is 0.368 e. The van der Waals surface area contributed by atoms with Crippen molar-refractivity contribution >= 4 is 29.1 Å². The van der Waals surface area contributed by atoms with Gasteiger partial charge in [0.25, 0.3) is 0 Å². The third-order valence-corrected chi connectivity index (χ3v) is 5.35. The van der Waals surface area contributed by atoms with Crippen molar-refractivity contribution in [3.63, 3.8) is 0 Å². The largest absolute Gasteiger partial charge is 0.416 e. The maximum absolute atomic E-state index is 12.7. The first-order chi connectivity index (χ1) is 11.8. The molecule has 1 unspecified atom stereocenters. The number of hydrogen-bond acceptors (Lipinski definition) is 3. The van der Waals surface area contributed by atoms with Gasteiger partial charge in [-0.25, -0.2) is 0 Å². The number of hydrogen-bond donors (Lipinski definition) is 1. The number of rotatable bonds is 3. The van der Waals surface area contributed by atoms with E-state index in [1.165, 1.54) is 23.9 Å². The second kappa shape index (κ2) is 7.48. The van der Waals surface area contributed by atoms with Crippen molar-refractivity contribution in [2.45, 2.75) is 28.9 Å². The van der Waals surface area contributed by atoms with Crippen molar-refractivity contribution in [1.29, 1.82) is 0 Å². The number of anilines is 1. The van der Waals surface area contributed by atoms with Crippen molar-refractivity contribution < 1.29 is 13.2 Å². The fourth-order valence-corrected chi connectivity index (χ4v) is 3.94. The van der Waals surface area contributed by atoms with E-state index in [0.717, 1.165) is 47.2 Å². The predicted octanol–water partition coefficient (Wildman–Crippen LogP) is 5.31. The summed E-state index contributed by atoms with van der Waals surface area (Å²) in [4.78, 5) is 4.01. The van der Waals surface area contributed by atoms with E-state index in [4.69, 9.17) is 11.6 Å².